The third-order valence-electron chi connectivity index (χ3n) is 2.50. The fourth-order valence-corrected chi connectivity index (χ4v) is 1.49. The van der Waals surface area contributed by atoms with E-state index in [1.807, 2.05) is 6.92 Å². The molecular formula is C12H20F3N5O. The Morgan fingerprint density at radius 3 is 2.14 bits per heavy atom. The lowest BCUT2D eigenvalue weighted by molar-refractivity contribution is -0.135. The summed E-state index contributed by atoms with van der Waals surface area (Å²) in [7, 11) is 1.44. The van der Waals surface area contributed by atoms with E-state index in [1.165, 1.54) is 7.11 Å². The zero-order valence-corrected chi connectivity index (χ0v) is 12.1. The van der Waals surface area contributed by atoms with Crippen molar-refractivity contribution in [1.82, 2.24) is 15.0 Å². The Hall–Kier alpha value is -1.80. The molecule has 0 aliphatic rings. The van der Waals surface area contributed by atoms with Gasteiger partial charge in [0.15, 0.2) is 0 Å². The zero-order valence-electron chi connectivity index (χ0n) is 12.1. The van der Waals surface area contributed by atoms with Crippen LogP contribution in [0.25, 0.3) is 0 Å². The van der Waals surface area contributed by atoms with Crippen LogP contribution in [0.15, 0.2) is 0 Å². The predicted octanol–water partition coefficient (Wildman–Crippen LogP) is 2.85. The first-order chi connectivity index (χ1) is 9.94. The first-order valence-corrected chi connectivity index (χ1v) is 6.79. The van der Waals surface area contributed by atoms with Gasteiger partial charge in [-0.1, -0.05) is 6.92 Å². The smallest absolute Gasteiger partial charge is 0.389 e. The van der Waals surface area contributed by atoms with Gasteiger partial charge in [-0.25, -0.2) is 0 Å². The molecule has 0 aliphatic heterocycles. The summed E-state index contributed by atoms with van der Waals surface area (Å²) in [5, 5.41) is 5.87. The normalized spacial score (nSPS) is 11.3. The van der Waals surface area contributed by atoms with Crippen LogP contribution in [-0.2, 0) is 0 Å². The first kappa shape index (κ1) is 17.3. The van der Waals surface area contributed by atoms with Gasteiger partial charge in [-0.3, -0.25) is 0 Å². The van der Waals surface area contributed by atoms with Crippen molar-refractivity contribution in [3.05, 3.63) is 0 Å². The molecule has 0 amide bonds. The fraction of sp³-hybridized carbons (Fsp3) is 0.750. The summed E-state index contributed by atoms with van der Waals surface area (Å²) >= 11 is 0. The number of ether oxygens (including phenoxy) is 1. The van der Waals surface area contributed by atoms with E-state index >= 15 is 0 Å². The van der Waals surface area contributed by atoms with E-state index in [0.717, 1.165) is 6.42 Å². The minimum Gasteiger partial charge on any atom is -0.467 e. The third-order valence-corrected chi connectivity index (χ3v) is 2.50. The lowest BCUT2D eigenvalue weighted by Gasteiger charge is -2.09. The van der Waals surface area contributed by atoms with E-state index in [1.54, 1.807) is 0 Å². The summed E-state index contributed by atoms with van der Waals surface area (Å²) < 4.78 is 40.9. The molecule has 0 unspecified atom stereocenters. The van der Waals surface area contributed by atoms with E-state index in [4.69, 9.17) is 4.74 Å². The molecule has 21 heavy (non-hydrogen) atoms. The molecule has 0 saturated carbocycles. The maximum Gasteiger partial charge on any atom is 0.389 e. The van der Waals surface area contributed by atoms with E-state index < -0.39 is 12.6 Å². The first-order valence-electron chi connectivity index (χ1n) is 6.79. The van der Waals surface area contributed by atoms with Gasteiger partial charge in [0.2, 0.25) is 11.9 Å². The minimum atomic E-state index is -4.10. The Morgan fingerprint density at radius 2 is 1.62 bits per heavy atom. The number of hydrogen-bond donors (Lipinski definition) is 2. The van der Waals surface area contributed by atoms with Crippen molar-refractivity contribution >= 4 is 11.9 Å². The molecule has 1 rings (SSSR count). The van der Waals surface area contributed by atoms with E-state index in [0.29, 0.717) is 25.5 Å². The SMILES string of the molecule is CCCNc1nc(NCCCCC(F)(F)F)nc(OC)n1. The molecule has 0 atom stereocenters. The second-order valence-electron chi connectivity index (χ2n) is 4.40. The average Bonchev–Trinajstić information content (AvgIpc) is 2.43. The van der Waals surface area contributed by atoms with Crippen LogP contribution in [0.2, 0.25) is 0 Å². The van der Waals surface area contributed by atoms with Crippen LogP contribution in [-0.4, -0.2) is 41.3 Å². The molecule has 0 radical (unpaired) electrons. The Balaban J connectivity index is 2.46. The lowest BCUT2D eigenvalue weighted by atomic mass is 10.2. The summed E-state index contributed by atoms with van der Waals surface area (Å²) in [6.45, 7) is 3.07. The lowest BCUT2D eigenvalue weighted by Crippen LogP contribution is -2.12. The van der Waals surface area contributed by atoms with Gasteiger partial charge < -0.3 is 15.4 Å². The standard InChI is InChI=1S/C12H20F3N5O/c1-3-7-16-9-18-10(20-11(19-9)21-2)17-8-5-4-6-12(13,14)15/h3-8H2,1-2H3,(H2,16,17,18,19,20). The average molecular weight is 307 g/mol. The van der Waals surface area contributed by atoms with Crippen LogP contribution in [0.5, 0.6) is 6.01 Å². The fourth-order valence-electron chi connectivity index (χ4n) is 1.49. The predicted molar refractivity (Wildman–Crippen MR) is 73.6 cm³/mol. The number of halogens is 3. The van der Waals surface area contributed by atoms with Crippen molar-refractivity contribution < 1.29 is 17.9 Å². The Morgan fingerprint density at radius 1 is 1.00 bits per heavy atom. The Labute approximate surface area is 121 Å². The number of unbranched alkanes of at least 4 members (excludes halogenated alkanes) is 1. The molecule has 0 aromatic carbocycles. The summed E-state index contributed by atoms with van der Waals surface area (Å²) in [5.41, 5.74) is 0. The van der Waals surface area contributed by atoms with E-state index in [-0.39, 0.29) is 18.4 Å². The molecule has 6 nitrogen and oxygen atoms in total. The molecule has 1 aromatic heterocycles. The minimum absolute atomic E-state index is 0.0691. The maximum atomic E-state index is 12.0. The summed E-state index contributed by atoms with van der Waals surface area (Å²) in [6.07, 6.45) is -3.52. The monoisotopic (exact) mass is 307 g/mol. The van der Waals surface area contributed by atoms with E-state index in [2.05, 4.69) is 25.6 Å². The number of rotatable bonds is 9. The van der Waals surface area contributed by atoms with E-state index in [9.17, 15) is 13.2 Å². The highest BCUT2D eigenvalue weighted by Crippen LogP contribution is 2.22. The van der Waals surface area contributed by atoms with Gasteiger partial charge in [0.05, 0.1) is 7.11 Å². The molecule has 120 valence electrons. The number of hydrogen-bond acceptors (Lipinski definition) is 6. The van der Waals surface area contributed by atoms with Crippen LogP contribution in [0.1, 0.15) is 32.6 Å². The molecular weight excluding hydrogens is 287 g/mol. The largest absolute Gasteiger partial charge is 0.467 e. The number of methoxy groups -OCH3 is 1. The van der Waals surface area contributed by atoms with Crippen molar-refractivity contribution in [2.75, 3.05) is 30.8 Å². The summed E-state index contributed by atoms with van der Waals surface area (Å²) in [6, 6.07) is 0.154. The number of aromatic nitrogens is 3. The highest BCUT2D eigenvalue weighted by Gasteiger charge is 2.25. The quantitative estimate of drug-likeness (QED) is 0.684. The number of nitrogens with one attached hydrogen (secondary N) is 2. The Bertz CT molecular complexity index is 428. The molecule has 0 fully saturated rings. The highest BCUT2D eigenvalue weighted by molar-refractivity contribution is 5.35. The zero-order chi connectivity index (χ0) is 15.7. The number of anilines is 2. The molecule has 1 aromatic rings. The van der Waals surface area contributed by atoms with Crippen LogP contribution >= 0.6 is 0 Å². The maximum absolute atomic E-state index is 12.0. The van der Waals surface area contributed by atoms with Gasteiger partial charge in [-0.2, -0.15) is 28.1 Å². The van der Waals surface area contributed by atoms with Crippen molar-refractivity contribution in [1.29, 1.82) is 0 Å². The molecule has 0 bridgehead atoms. The van der Waals surface area contributed by atoms with Gasteiger partial charge in [0, 0.05) is 19.5 Å². The van der Waals surface area contributed by atoms with Crippen LogP contribution in [0, 0.1) is 0 Å². The van der Waals surface area contributed by atoms with Crippen molar-refractivity contribution in [3.63, 3.8) is 0 Å². The van der Waals surface area contributed by atoms with Crippen molar-refractivity contribution in [2.24, 2.45) is 0 Å². The van der Waals surface area contributed by atoms with Crippen molar-refractivity contribution in [2.45, 2.75) is 38.8 Å². The molecule has 1 heterocycles. The second kappa shape index (κ2) is 8.48. The Kier molecular flexibility index (Phi) is 6.97. The van der Waals surface area contributed by atoms with Crippen LogP contribution < -0.4 is 15.4 Å². The second-order valence-corrected chi connectivity index (χ2v) is 4.40. The number of nitrogens with zero attached hydrogens (tertiary/aromatic N) is 3. The highest BCUT2D eigenvalue weighted by atomic mass is 19.4. The van der Waals surface area contributed by atoms with Gasteiger partial charge in [-0.15, -0.1) is 0 Å². The molecule has 0 spiro atoms. The summed E-state index contributed by atoms with van der Waals surface area (Å²) in [4.78, 5) is 12.1. The summed E-state index contributed by atoms with van der Waals surface area (Å²) in [5.74, 6) is 0.661. The van der Waals surface area contributed by atoms with Gasteiger partial charge >= 0.3 is 12.2 Å². The third kappa shape index (κ3) is 7.52. The number of alkyl halides is 3. The molecule has 2 N–H and O–H groups in total. The molecule has 0 saturated heterocycles. The van der Waals surface area contributed by atoms with Gasteiger partial charge in [-0.05, 0) is 19.3 Å². The molecule has 9 heteroatoms. The van der Waals surface area contributed by atoms with Gasteiger partial charge in [0.1, 0.15) is 0 Å². The van der Waals surface area contributed by atoms with Crippen molar-refractivity contribution in [3.8, 4) is 6.01 Å². The molecule has 0 aliphatic carbocycles. The van der Waals surface area contributed by atoms with Crippen LogP contribution in [0.3, 0.4) is 0 Å². The topological polar surface area (TPSA) is 72.0 Å². The van der Waals surface area contributed by atoms with Crippen LogP contribution in [0.4, 0.5) is 25.1 Å². The van der Waals surface area contributed by atoms with Gasteiger partial charge in [0.25, 0.3) is 0 Å².